The highest BCUT2D eigenvalue weighted by Gasteiger charge is 1.83. The monoisotopic (exact) mass is 115 g/mol. The number of carbonyl (C=O) groups excluding carboxylic acids is 1. The second-order valence-electron chi connectivity index (χ2n) is 1.87. The maximum atomic E-state index is 9.91. The van der Waals surface area contributed by atoms with Gasteiger partial charge in [0.1, 0.15) is 6.29 Å². The third kappa shape index (κ3) is 5.67. The zero-order valence-electron chi connectivity index (χ0n) is 6.39. The molecule has 0 rings (SSSR count). The third-order valence-electron chi connectivity index (χ3n) is 1.07. The molecule has 0 aliphatic heterocycles. The summed E-state index contributed by atoms with van der Waals surface area (Å²) in [6, 6.07) is 0. The van der Waals surface area contributed by atoms with Crippen LogP contribution in [-0.2, 0) is 4.79 Å². The van der Waals surface area contributed by atoms with Gasteiger partial charge in [-0.3, -0.25) is 0 Å². The molecule has 0 fully saturated rings. The van der Waals surface area contributed by atoms with Crippen LogP contribution in [0.5, 0.6) is 0 Å². The van der Waals surface area contributed by atoms with Crippen LogP contribution in [0.2, 0.25) is 0 Å². The average molecular weight is 115 g/mol. The van der Waals surface area contributed by atoms with Crippen molar-refractivity contribution in [1.29, 1.82) is 0 Å². The fourth-order valence-electron chi connectivity index (χ4n) is 0.580. The molecule has 0 spiro atoms. The molecule has 0 aromatic carbocycles. The minimum absolute atomic E-state index is 0.475. The molecule has 0 bridgehead atoms. The van der Waals surface area contributed by atoms with Gasteiger partial charge in [-0.2, -0.15) is 0 Å². The molecule has 8 heavy (non-hydrogen) atoms. The Labute approximate surface area is 52.5 Å². The van der Waals surface area contributed by atoms with Crippen molar-refractivity contribution in [2.24, 2.45) is 0 Å². The van der Waals surface area contributed by atoms with Crippen molar-refractivity contribution in [3.8, 4) is 0 Å². The Bertz CT molecular complexity index is 73.3. The maximum absolute atomic E-state index is 9.91. The normalized spacial score (nSPS) is 14.9. The van der Waals surface area contributed by atoms with Crippen molar-refractivity contribution in [2.45, 2.75) is 39.0 Å². The van der Waals surface area contributed by atoms with E-state index < -0.39 is 6.40 Å². The zero-order chi connectivity index (χ0) is 7.11. The summed E-state index contributed by atoms with van der Waals surface area (Å²) in [5.41, 5.74) is 0. The summed E-state index contributed by atoms with van der Waals surface area (Å²) in [4.78, 5) is 9.91. The van der Waals surface area contributed by atoms with Gasteiger partial charge in [0.2, 0.25) is 0 Å². The molecule has 0 heterocycles. The van der Waals surface area contributed by atoms with Gasteiger partial charge in [-0.05, 0) is 6.42 Å². The van der Waals surface area contributed by atoms with Crippen molar-refractivity contribution < 1.29 is 6.17 Å². The van der Waals surface area contributed by atoms with E-state index in [1.165, 1.54) is 0 Å². The van der Waals surface area contributed by atoms with Crippen LogP contribution in [0, 0.1) is 0 Å². The average Bonchev–Trinajstić information content (AvgIpc) is 1.89. The van der Waals surface area contributed by atoms with Crippen LogP contribution in [0.25, 0.3) is 0 Å². The molecule has 0 N–H and O–H groups in total. The summed E-state index contributed by atoms with van der Waals surface area (Å²) < 4.78 is 7.03. The molecular weight excluding hydrogens is 100 g/mol. The van der Waals surface area contributed by atoms with Gasteiger partial charge in [-0.1, -0.05) is 26.2 Å². The Morgan fingerprint density at radius 2 is 2.25 bits per heavy atom. The van der Waals surface area contributed by atoms with Crippen LogP contribution in [0.3, 0.4) is 0 Å². The molecule has 0 amide bonds. The first-order valence-electron chi connectivity index (χ1n) is 3.76. The first kappa shape index (κ1) is 5.80. The molecule has 0 aliphatic rings. The van der Waals surface area contributed by atoms with E-state index in [9.17, 15) is 4.79 Å². The molecule has 0 aliphatic carbocycles. The summed E-state index contributed by atoms with van der Waals surface area (Å²) in [5, 5.41) is 0. The van der Waals surface area contributed by atoms with Crippen LogP contribution >= 0.6 is 0 Å². The van der Waals surface area contributed by atoms with Crippen molar-refractivity contribution in [2.75, 3.05) is 0 Å². The lowest BCUT2D eigenvalue weighted by atomic mass is 10.2. The molecule has 0 saturated carbocycles. The molecule has 48 valence electrons. The van der Waals surface area contributed by atoms with Crippen LogP contribution in [-0.4, -0.2) is 6.29 Å². The summed E-state index contributed by atoms with van der Waals surface area (Å²) in [6.07, 6.45) is 4.28. The van der Waals surface area contributed by atoms with Gasteiger partial charge in [0.25, 0.3) is 0 Å². The van der Waals surface area contributed by atoms with Gasteiger partial charge < -0.3 is 4.79 Å². The van der Waals surface area contributed by atoms with Crippen molar-refractivity contribution in [3.63, 3.8) is 0 Å². The number of aldehydes is 1. The standard InChI is InChI=1S/C7H14O/c1-2-3-4-5-6-7-8/h7H,2-6H2,1H3/i6D. The Kier molecular flexibility index (Phi) is 4.84. The maximum Gasteiger partial charge on any atom is 0.119 e. The van der Waals surface area contributed by atoms with Gasteiger partial charge in [-0.25, -0.2) is 0 Å². The summed E-state index contributed by atoms with van der Waals surface area (Å²) >= 11 is 0. The van der Waals surface area contributed by atoms with E-state index in [1.807, 2.05) is 0 Å². The Balaban J connectivity index is 2.96. The number of hydrogen-bond acceptors (Lipinski definition) is 1. The minimum atomic E-state index is -0.475. The second kappa shape index (κ2) is 6.67. The van der Waals surface area contributed by atoms with Gasteiger partial charge in [0, 0.05) is 7.77 Å². The van der Waals surface area contributed by atoms with E-state index in [0.29, 0.717) is 6.29 Å². The van der Waals surface area contributed by atoms with Gasteiger partial charge >= 0.3 is 0 Å². The fourth-order valence-corrected chi connectivity index (χ4v) is 0.580. The number of unbranched alkanes of at least 4 members (excludes halogenated alkanes) is 2. The molecular formula is C7H14O. The summed E-state index contributed by atoms with van der Waals surface area (Å²) in [6.45, 7) is 2.11. The zero-order valence-corrected chi connectivity index (χ0v) is 5.39. The van der Waals surface area contributed by atoms with E-state index in [-0.39, 0.29) is 0 Å². The Morgan fingerprint density at radius 1 is 1.50 bits per heavy atom. The lowest BCUT2D eigenvalue weighted by Crippen LogP contribution is -1.76. The Hall–Kier alpha value is -0.330. The third-order valence-corrected chi connectivity index (χ3v) is 1.07. The van der Waals surface area contributed by atoms with Crippen LogP contribution in [0.1, 0.15) is 40.4 Å². The lowest BCUT2D eigenvalue weighted by Gasteiger charge is -1.90. The molecule has 1 unspecified atom stereocenters. The molecule has 0 aromatic heterocycles. The van der Waals surface area contributed by atoms with Gasteiger partial charge in [0.15, 0.2) is 0 Å². The van der Waals surface area contributed by atoms with Crippen LogP contribution < -0.4 is 0 Å². The lowest BCUT2D eigenvalue weighted by molar-refractivity contribution is -0.107. The predicted octanol–water partition coefficient (Wildman–Crippen LogP) is 2.16. The number of rotatable bonds is 5. The smallest absolute Gasteiger partial charge is 0.119 e. The first-order valence-corrected chi connectivity index (χ1v) is 3.18. The highest BCUT2D eigenvalue weighted by molar-refractivity contribution is 5.48. The summed E-state index contributed by atoms with van der Waals surface area (Å²) in [5.74, 6) is 0. The quantitative estimate of drug-likeness (QED) is 0.396. The molecule has 1 heteroatoms. The Morgan fingerprint density at radius 3 is 2.75 bits per heavy atom. The molecule has 0 radical (unpaired) electrons. The molecule has 1 nitrogen and oxygen atoms in total. The largest absolute Gasteiger partial charge is 0.303 e. The van der Waals surface area contributed by atoms with Crippen LogP contribution in [0.15, 0.2) is 0 Å². The molecule has 0 aromatic rings. The van der Waals surface area contributed by atoms with E-state index in [4.69, 9.17) is 1.37 Å². The number of hydrogen-bond donors (Lipinski definition) is 0. The number of carbonyl (C=O) groups is 1. The summed E-state index contributed by atoms with van der Waals surface area (Å²) in [7, 11) is 0. The topological polar surface area (TPSA) is 17.1 Å². The molecule has 0 saturated heterocycles. The van der Waals surface area contributed by atoms with Crippen molar-refractivity contribution >= 4 is 6.29 Å². The van der Waals surface area contributed by atoms with Crippen molar-refractivity contribution in [3.05, 3.63) is 0 Å². The second-order valence-corrected chi connectivity index (χ2v) is 1.87. The van der Waals surface area contributed by atoms with Crippen LogP contribution in [0.4, 0.5) is 0 Å². The van der Waals surface area contributed by atoms with Crippen molar-refractivity contribution in [1.82, 2.24) is 0 Å². The predicted molar refractivity (Wildman–Crippen MR) is 34.8 cm³/mol. The highest BCUT2D eigenvalue weighted by atomic mass is 16.1. The molecule has 1 atom stereocenters. The van der Waals surface area contributed by atoms with Gasteiger partial charge in [-0.15, -0.1) is 0 Å². The van der Waals surface area contributed by atoms with E-state index in [0.717, 1.165) is 25.7 Å². The van der Waals surface area contributed by atoms with E-state index in [1.54, 1.807) is 0 Å². The highest BCUT2D eigenvalue weighted by Crippen LogP contribution is 1.99. The first-order chi connectivity index (χ1) is 4.31. The van der Waals surface area contributed by atoms with E-state index >= 15 is 0 Å². The fraction of sp³-hybridized carbons (Fsp3) is 0.857. The SMILES string of the molecule is [2H]C(C=O)CCCCC. The minimum Gasteiger partial charge on any atom is -0.303 e. The van der Waals surface area contributed by atoms with E-state index in [2.05, 4.69) is 6.92 Å². The van der Waals surface area contributed by atoms with Gasteiger partial charge in [0.05, 0.1) is 0 Å².